The van der Waals surface area contributed by atoms with Gasteiger partial charge in [-0.2, -0.15) is 0 Å². The van der Waals surface area contributed by atoms with Crippen LogP contribution in [0.1, 0.15) is 32.8 Å². The molecule has 0 heterocycles. The number of carbonyl (C=O) groups excluding carboxylic acids is 1. The lowest BCUT2D eigenvalue weighted by Crippen LogP contribution is -2.35. The minimum Gasteiger partial charge on any atom is -0.273 e. The zero-order valence-electron chi connectivity index (χ0n) is 14.5. The highest BCUT2D eigenvalue weighted by Crippen LogP contribution is 2.28. The number of hydrogen-bond donors (Lipinski definition) is 1. The van der Waals surface area contributed by atoms with Crippen molar-refractivity contribution in [3.8, 4) is 0 Å². The van der Waals surface area contributed by atoms with Gasteiger partial charge in [-0.3, -0.25) is 9.63 Å². The molecule has 0 saturated carbocycles. The van der Waals surface area contributed by atoms with E-state index in [0.717, 1.165) is 6.42 Å². The van der Waals surface area contributed by atoms with Gasteiger partial charge in [-0.05, 0) is 44.9 Å². The van der Waals surface area contributed by atoms with Crippen molar-refractivity contribution in [2.24, 2.45) is 0 Å². The Morgan fingerprint density at radius 1 is 1.04 bits per heavy atom. The smallest absolute Gasteiger partial charge is 0.244 e. The summed E-state index contributed by atoms with van der Waals surface area (Å²) in [6.07, 6.45) is 1.24. The van der Waals surface area contributed by atoms with Crippen LogP contribution in [0, 0.1) is 0 Å². The molecule has 2 aromatic carbocycles. The second kappa shape index (κ2) is 8.90. The first kappa shape index (κ1) is 18.6. The number of hydrogen-bond acceptors (Lipinski definition) is 3. The molecular weight excluding hydrogens is 318 g/mol. The molecule has 4 heteroatoms. The van der Waals surface area contributed by atoms with Gasteiger partial charge in [0.05, 0.1) is 5.60 Å². The second-order valence-electron chi connectivity index (χ2n) is 6.69. The summed E-state index contributed by atoms with van der Waals surface area (Å²) in [5, 5.41) is 0.151. The summed E-state index contributed by atoms with van der Waals surface area (Å²) >= 11 is 1.73. The van der Waals surface area contributed by atoms with Gasteiger partial charge in [-0.25, -0.2) is 5.48 Å². The minimum absolute atomic E-state index is 0.0886. The fraction of sp³-hybridized carbons (Fsp3) is 0.350. The number of hydroxylamine groups is 1. The fourth-order valence-corrected chi connectivity index (χ4v) is 3.39. The van der Waals surface area contributed by atoms with Gasteiger partial charge in [-0.15, -0.1) is 11.8 Å². The van der Waals surface area contributed by atoms with E-state index in [-0.39, 0.29) is 11.2 Å². The van der Waals surface area contributed by atoms with Crippen LogP contribution in [0.15, 0.2) is 65.6 Å². The van der Waals surface area contributed by atoms with E-state index in [1.165, 1.54) is 10.5 Å². The predicted octanol–water partition coefficient (Wildman–Crippen LogP) is 4.63. The molecule has 1 N–H and O–H groups in total. The molecule has 2 aromatic rings. The standard InChI is InChI=1S/C20H25NO2S/c1-20(2,3)23-21-19(22)15-18(14-16-10-6-4-7-11-16)24-17-12-8-5-9-13-17/h4-13,18H,14-15H2,1-3H3,(H,21,22). The van der Waals surface area contributed by atoms with Crippen LogP contribution in [-0.2, 0) is 16.1 Å². The number of benzene rings is 2. The highest BCUT2D eigenvalue weighted by molar-refractivity contribution is 8.00. The number of amides is 1. The average Bonchev–Trinajstić information content (AvgIpc) is 2.54. The number of rotatable bonds is 7. The van der Waals surface area contributed by atoms with Crippen molar-refractivity contribution >= 4 is 17.7 Å². The Bertz CT molecular complexity index is 582. The van der Waals surface area contributed by atoms with Gasteiger partial charge in [0.15, 0.2) is 0 Å². The van der Waals surface area contributed by atoms with E-state index >= 15 is 0 Å². The SMILES string of the molecule is CC(C)(C)ONC(=O)CC(Cc1ccccc1)Sc1ccccc1. The summed E-state index contributed by atoms with van der Waals surface area (Å²) in [7, 11) is 0. The molecular formula is C20H25NO2S. The highest BCUT2D eigenvalue weighted by atomic mass is 32.2. The molecule has 0 saturated heterocycles. The van der Waals surface area contributed by atoms with Gasteiger partial charge < -0.3 is 0 Å². The molecule has 1 unspecified atom stereocenters. The largest absolute Gasteiger partial charge is 0.273 e. The first-order valence-corrected chi connectivity index (χ1v) is 9.03. The van der Waals surface area contributed by atoms with Crippen LogP contribution in [-0.4, -0.2) is 16.8 Å². The maximum Gasteiger partial charge on any atom is 0.244 e. The second-order valence-corrected chi connectivity index (χ2v) is 8.06. The van der Waals surface area contributed by atoms with Gasteiger partial charge in [0.1, 0.15) is 0 Å². The molecule has 2 rings (SSSR count). The summed E-state index contributed by atoms with van der Waals surface area (Å²) in [6.45, 7) is 5.73. The third kappa shape index (κ3) is 7.20. The highest BCUT2D eigenvalue weighted by Gasteiger charge is 2.18. The Kier molecular flexibility index (Phi) is 6.88. The third-order valence-electron chi connectivity index (χ3n) is 3.24. The van der Waals surface area contributed by atoms with Crippen LogP contribution in [0.4, 0.5) is 0 Å². The minimum atomic E-state index is -0.392. The van der Waals surface area contributed by atoms with Crippen LogP contribution in [0.5, 0.6) is 0 Å². The van der Waals surface area contributed by atoms with Crippen molar-refractivity contribution in [3.63, 3.8) is 0 Å². The fourth-order valence-electron chi connectivity index (χ4n) is 2.18. The summed E-state index contributed by atoms with van der Waals surface area (Å²) in [5.41, 5.74) is 3.41. The molecule has 128 valence electrons. The molecule has 0 aromatic heterocycles. The molecule has 24 heavy (non-hydrogen) atoms. The van der Waals surface area contributed by atoms with Crippen LogP contribution >= 0.6 is 11.8 Å². The normalized spacial score (nSPS) is 12.6. The Hall–Kier alpha value is -1.78. The van der Waals surface area contributed by atoms with Crippen molar-refractivity contribution in [2.75, 3.05) is 0 Å². The summed E-state index contributed by atoms with van der Waals surface area (Å²) in [4.78, 5) is 18.8. The average molecular weight is 343 g/mol. The molecule has 0 aliphatic rings. The summed E-state index contributed by atoms with van der Waals surface area (Å²) in [6, 6.07) is 20.5. The van der Waals surface area contributed by atoms with Gasteiger partial charge >= 0.3 is 0 Å². The van der Waals surface area contributed by atoms with Crippen molar-refractivity contribution in [3.05, 3.63) is 66.2 Å². The van der Waals surface area contributed by atoms with Gasteiger partial charge in [0.25, 0.3) is 0 Å². The topological polar surface area (TPSA) is 38.3 Å². The Labute approximate surface area is 148 Å². The first-order valence-electron chi connectivity index (χ1n) is 8.15. The zero-order chi connectivity index (χ0) is 17.4. The lowest BCUT2D eigenvalue weighted by Gasteiger charge is -2.21. The van der Waals surface area contributed by atoms with E-state index in [1.807, 2.05) is 57.2 Å². The van der Waals surface area contributed by atoms with Crippen molar-refractivity contribution in [1.82, 2.24) is 5.48 Å². The van der Waals surface area contributed by atoms with Crippen LogP contribution in [0.25, 0.3) is 0 Å². The number of nitrogens with one attached hydrogen (secondary N) is 1. The van der Waals surface area contributed by atoms with E-state index in [4.69, 9.17) is 4.84 Å². The molecule has 3 nitrogen and oxygen atoms in total. The van der Waals surface area contributed by atoms with Crippen molar-refractivity contribution < 1.29 is 9.63 Å². The maximum absolute atomic E-state index is 12.2. The molecule has 0 fully saturated rings. The Balaban J connectivity index is 2.00. The lowest BCUT2D eigenvalue weighted by atomic mass is 10.1. The van der Waals surface area contributed by atoms with E-state index in [2.05, 4.69) is 29.7 Å². The molecule has 0 radical (unpaired) electrons. The maximum atomic E-state index is 12.2. The Morgan fingerprint density at radius 2 is 1.62 bits per heavy atom. The van der Waals surface area contributed by atoms with E-state index in [9.17, 15) is 4.79 Å². The molecule has 0 spiro atoms. The van der Waals surface area contributed by atoms with Crippen LogP contribution in [0.3, 0.4) is 0 Å². The monoisotopic (exact) mass is 343 g/mol. The van der Waals surface area contributed by atoms with E-state index < -0.39 is 5.60 Å². The molecule has 1 atom stereocenters. The Morgan fingerprint density at radius 3 is 2.21 bits per heavy atom. The zero-order valence-corrected chi connectivity index (χ0v) is 15.3. The van der Waals surface area contributed by atoms with Gasteiger partial charge in [0.2, 0.25) is 5.91 Å². The van der Waals surface area contributed by atoms with E-state index in [0.29, 0.717) is 6.42 Å². The third-order valence-corrected chi connectivity index (χ3v) is 4.45. The summed E-state index contributed by atoms with van der Waals surface area (Å²) < 4.78 is 0. The van der Waals surface area contributed by atoms with Crippen LogP contribution in [0.2, 0.25) is 0 Å². The molecule has 1 amide bonds. The van der Waals surface area contributed by atoms with Crippen molar-refractivity contribution in [1.29, 1.82) is 0 Å². The van der Waals surface area contributed by atoms with Crippen molar-refractivity contribution in [2.45, 2.75) is 49.4 Å². The van der Waals surface area contributed by atoms with Gasteiger partial charge in [-0.1, -0.05) is 48.5 Å². The van der Waals surface area contributed by atoms with Gasteiger partial charge in [0, 0.05) is 16.6 Å². The predicted molar refractivity (Wildman–Crippen MR) is 99.8 cm³/mol. The first-order chi connectivity index (χ1) is 11.4. The summed E-state index contributed by atoms with van der Waals surface area (Å²) in [5.74, 6) is -0.0886. The number of thioether (sulfide) groups is 1. The molecule has 0 aliphatic heterocycles. The quantitative estimate of drug-likeness (QED) is 0.588. The number of carbonyl (C=O) groups is 1. The molecule has 0 aliphatic carbocycles. The van der Waals surface area contributed by atoms with E-state index in [1.54, 1.807) is 11.8 Å². The van der Waals surface area contributed by atoms with Crippen LogP contribution < -0.4 is 5.48 Å². The molecule has 0 bridgehead atoms. The lowest BCUT2D eigenvalue weighted by molar-refractivity contribution is -0.145.